The summed E-state index contributed by atoms with van der Waals surface area (Å²) < 4.78 is 5.70. The van der Waals surface area contributed by atoms with Gasteiger partial charge in [-0.2, -0.15) is 0 Å². The summed E-state index contributed by atoms with van der Waals surface area (Å²) in [6, 6.07) is 15.7. The molecule has 0 spiro atoms. The van der Waals surface area contributed by atoms with Crippen molar-refractivity contribution in [2.24, 2.45) is 0 Å². The number of hydrogen-bond acceptors (Lipinski definition) is 3. The van der Waals surface area contributed by atoms with Gasteiger partial charge in [0.1, 0.15) is 11.4 Å². The molecule has 1 amide bonds. The maximum absolute atomic E-state index is 13.2. The molecule has 4 nitrogen and oxygen atoms in total. The quantitative estimate of drug-likeness (QED) is 0.730. The third-order valence-corrected chi connectivity index (χ3v) is 4.83. The Hall–Kier alpha value is -2.75. The zero-order valence-corrected chi connectivity index (χ0v) is 15.5. The van der Waals surface area contributed by atoms with Crippen molar-refractivity contribution in [1.29, 1.82) is 0 Å². The fraction of sp³-hybridized carbons (Fsp3) is 0.318. The van der Waals surface area contributed by atoms with Crippen molar-refractivity contribution in [3.63, 3.8) is 0 Å². The van der Waals surface area contributed by atoms with E-state index in [0.29, 0.717) is 18.7 Å². The molecule has 3 rings (SSSR count). The van der Waals surface area contributed by atoms with Gasteiger partial charge in [0.15, 0.2) is 0 Å². The van der Waals surface area contributed by atoms with Crippen LogP contribution in [-0.2, 0) is 5.66 Å². The van der Waals surface area contributed by atoms with Crippen molar-refractivity contribution in [2.75, 3.05) is 18.5 Å². The number of amides is 1. The first-order valence-electron chi connectivity index (χ1n) is 9.19. The predicted molar refractivity (Wildman–Crippen MR) is 105 cm³/mol. The second kappa shape index (κ2) is 7.65. The lowest BCUT2D eigenvalue weighted by molar-refractivity contribution is 0.0524. The van der Waals surface area contributed by atoms with Crippen LogP contribution >= 0.6 is 0 Å². The number of carbonyl (C=O) groups is 1. The Morgan fingerprint density at radius 3 is 2.54 bits per heavy atom. The lowest BCUT2D eigenvalue weighted by atomic mass is 9.89. The second-order valence-electron chi connectivity index (χ2n) is 6.46. The molecule has 2 aromatic rings. The Morgan fingerprint density at radius 2 is 1.88 bits per heavy atom. The fourth-order valence-electron chi connectivity index (χ4n) is 3.51. The van der Waals surface area contributed by atoms with Crippen LogP contribution in [0, 0.1) is 0 Å². The maximum Gasteiger partial charge on any atom is 0.258 e. The molecule has 1 heterocycles. The molecule has 4 heteroatoms. The van der Waals surface area contributed by atoms with Crippen molar-refractivity contribution < 1.29 is 9.53 Å². The molecule has 2 aromatic carbocycles. The van der Waals surface area contributed by atoms with Gasteiger partial charge in [0.2, 0.25) is 0 Å². The van der Waals surface area contributed by atoms with E-state index in [9.17, 15) is 4.79 Å². The van der Waals surface area contributed by atoms with Gasteiger partial charge in [0, 0.05) is 12.2 Å². The zero-order valence-electron chi connectivity index (χ0n) is 15.5. The minimum absolute atomic E-state index is 0.0207. The summed E-state index contributed by atoms with van der Waals surface area (Å²) in [4.78, 5) is 15.0. The van der Waals surface area contributed by atoms with Crippen molar-refractivity contribution in [1.82, 2.24) is 4.90 Å². The Morgan fingerprint density at radius 1 is 1.15 bits per heavy atom. The lowest BCUT2D eigenvalue weighted by Crippen LogP contribution is -2.57. The smallest absolute Gasteiger partial charge is 0.258 e. The van der Waals surface area contributed by atoms with Crippen LogP contribution in [-0.4, -0.2) is 24.0 Å². The van der Waals surface area contributed by atoms with Gasteiger partial charge in [-0.25, -0.2) is 0 Å². The number of para-hydroxylation sites is 1. The first-order chi connectivity index (χ1) is 12.7. The minimum atomic E-state index is -0.608. The van der Waals surface area contributed by atoms with Gasteiger partial charge < -0.3 is 15.0 Å². The highest BCUT2D eigenvalue weighted by Gasteiger charge is 2.44. The summed E-state index contributed by atoms with van der Waals surface area (Å²) in [6.45, 7) is 9.19. The minimum Gasteiger partial charge on any atom is -0.494 e. The SMILES string of the molecule is C=CCN1C(=O)c2ccccc2NC1(CC)c1ccc(OCCC)cc1. The van der Waals surface area contributed by atoms with E-state index in [4.69, 9.17) is 4.74 Å². The second-order valence-corrected chi connectivity index (χ2v) is 6.46. The molecule has 0 radical (unpaired) electrons. The number of anilines is 1. The van der Waals surface area contributed by atoms with Crippen LogP contribution in [0.15, 0.2) is 61.2 Å². The number of fused-ring (bicyclic) bond motifs is 1. The molecule has 1 unspecified atom stereocenters. The first kappa shape index (κ1) is 18.1. The molecular formula is C22H26N2O2. The summed E-state index contributed by atoms with van der Waals surface area (Å²) in [5.74, 6) is 0.868. The van der Waals surface area contributed by atoms with Crippen LogP contribution in [0.1, 0.15) is 42.6 Å². The van der Waals surface area contributed by atoms with E-state index in [1.54, 1.807) is 6.08 Å². The lowest BCUT2D eigenvalue weighted by Gasteiger charge is -2.48. The molecule has 0 aromatic heterocycles. The first-order valence-corrected chi connectivity index (χ1v) is 9.19. The highest BCUT2D eigenvalue weighted by atomic mass is 16.5. The molecule has 0 saturated carbocycles. The topological polar surface area (TPSA) is 41.6 Å². The fourth-order valence-corrected chi connectivity index (χ4v) is 3.51. The van der Waals surface area contributed by atoms with Crippen LogP contribution in [0.4, 0.5) is 5.69 Å². The van der Waals surface area contributed by atoms with E-state index >= 15 is 0 Å². The largest absolute Gasteiger partial charge is 0.494 e. The normalized spacial score (nSPS) is 18.8. The van der Waals surface area contributed by atoms with Gasteiger partial charge in [-0.1, -0.05) is 44.2 Å². The summed E-state index contributed by atoms with van der Waals surface area (Å²) >= 11 is 0. The van der Waals surface area contributed by atoms with Crippen molar-refractivity contribution in [2.45, 2.75) is 32.4 Å². The van der Waals surface area contributed by atoms with Crippen LogP contribution < -0.4 is 10.1 Å². The Bertz CT molecular complexity index is 785. The molecular weight excluding hydrogens is 324 g/mol. The average molecular weight is 350 g/mol. The monoisotopic (exact) mass is 350 g/mol. The van der Waals surface area contributed by atoms with Crippen molar-refractivity contribution in [3.8, 4) is 5.75 Å². The van der Waals surface area contributed by atoms with Crippen molar-refractivity contribution in [3.05, 3.63) is 72.3 Å². The van der Waals surface area contributed by atoms with E-state index in [-0.39, 0.29) is 5.91 Å². The summed E-state index contributed by atoms with van der Waals surface area (Å²) in [5.41, 5.74) is 1.99. The summed E-state index contributed by atoms with van der Waals surface area (Å²) in [7, 11) is 0. The Labute approximate surface area is 155 Å². The predicted octanol–water partition coefficient (Wildman–Crippen LogP) is 4.79. The number of ether oxygens (including phenoxy) is 1. The molecule has 136 valence electrons. The number of benzene rings is 2. The van der Waals surface area contributed by atoms with Gasteiger partial charge in [-0.3, -0.25) is 4.79 Å². The number of nitrogens with one attached hydrogen (secondary N) is 1. The number of nitrogens with zero attached hydrogens (tertiary/aromatic N) is 1. The third-order valence-electron chi connectivity index (χ3n) is 4.83. The van der Waals surface area contributed by atoms with E-state index in [1.165, 1.54) is 0 Å². The molecule has 1 aliphatic rings. The molecule has 0 saturated heterocycles. The van der Waals surface area contributed by atoms with Crippen LogP contribution in [0.5, 0.6) is 5.75 Å². The Kier molecular flexibility index (Phi) is 5.31. The third kappa shape index (κ3) is 3.07. The van der Waals surface area contributed by atoms with Crippen molar-refractivity contribution >= 4 is 11.6 Å². The molecule has 26 heavy (non-hydrogen) atoms. The number of hydrogen-bond donors (Lipinski definition) is 1. The van der Waals surface area contributed by atoms with Gasteiger partial charge in [0.25, 0.3) is 5.91 Å². The highest BCUT2D eigenvalue weighted by Crippen LogP contribution is 2.40. The maximum atomic E-state index is 13.2. The van der Waals surface area contributed by atoms with E-state index in [1.807, 2.05) is 53.4 Å². The molecule has 1 N–H and O–H groups in total. The highest BCUT2D eigenvalue weighted by molar-refractivity contribution is 6.02. The Balaban J connectivity index is 2.04. The van der Waals surface area contributed by atoms with Crippen LogP contribution in [0.3, 0.4) is 0 Å². The molecule has 0 aliphatic carbocycles. The molecule has 0 bridgehead atoms. The van der Waals surface area contributed by atoms with Gasteiger partial charge in [-0.05, 0) is 42.7 Å². The number of carbonyl (C=O) groups excluding carboxylic acids is 1. The van der Waals surface area contributed by atoms with E-state index in [0.717, 1.165) is 29.8 Å². The molecule has 0 fully saturated rings. The van der Waals surface area contributed by atoms with E-state index < -0.39 is 5.66 Å². The standard InChI is InChI=1S/C22H26N2O2/c1-4-15-24-21(25)19-9-7-8-10-20(19)23-22(24,6-3)17-11-13-18(14-12-17)26-16-5-2/h4,7-14,23H,1,5-6,15-16H2,2-3H3. The summed E-state index contributed by atoms with van der Waals surface area (Å²) in [6.07, 6.45) is 3.48. The summed E-state index contributed by atoms with van der Waals surface area (Å²) in [5, 5.41) is 3.62. The number of rotatable bonds is 7. The zero-order chi connectivity index (χ0) is 18.6. The van der Waals surface area contributed by atoms with Gasteiger partial charge in [-0.15, -0.1) is 6.58 Å². The van der Waals surface area contributed by atoms with E-state index in [2.05, 4.69) is 25.7 Å². The van der Waals surface area contributed by atoms with Crippen LogP contribution in [0.25, 0.3) is 0 Å². The molecule has 1 atom stereocenters. The van der Waals surface area contributed by atoms with Gasteiger partial charge in [0.05, 0.1) is 12.2 Å². The molecule has 1 aliphatic heterocycles. The average Bonchev–Trinajstić information content (AvgIpc) is 2.69. The van der Waals surface area contributed by atoms with Crippen LogP contribution in [0.2, 0.25) is 0 Å². The van der Waals surface area contributed by atoms with Gasteiger partial charge >= 0.3 is 0 Å².